The molecule has 1 fully saturated rings. The minimum atomic E-state index is 0.552. The first kappa shape index (κ1) is 32.3. The lowest BCUT2D eigenvalue weighted by molar-refractivity contribution is 0.442. The van der Waals surface area contributed by atoms with Crippen molar-refractivity contribution >= 4 is 81.3 Å². The van der Waals surface area contributed by atoms with Crippen molar-refractivity contribution < 1.29 is 4.42 Å². The molecule has 3 heteroatoms. The van der Waals surface area contributed by atoms with Crippen molar-refractivity contribution in [2.45, 2.75) is 38.0 Å². The maximum absolute atomic E-state index is 7.07. The smallest absolute Gasteiger partial charge is 0.159 e. The molecule has 0 saturated heterocycles. The van der Waals surface area contributed by atoms with Crippen molar-refractivity contribution in [3.63, 3.8) is 0 Å². The van der Waals surface area contributed by atoms with Gasteiger partial charge in [0.05, 0.1) is 5.69 Å². The molecule has 0 unspecified atom stereocenters. The van der Waals surface area contributed by atoms with Gasteiger partial charge in [-0.2, -0.15) is 0 Å². The van der Waals surface area contributed by atoms with E-state index in [0.717, 1.165) is 33.6 Å². The van der Waals surface area contributed by atoms with Crippen LogP contribution in [-0.2, 0) is 0 Å². The summed E-state index contributed by atoms with van der Waals surface area (Å²) in [5, 5.41) is 7.53. The lowest BCUT2D eigenvalue weighted by Crippen LogP contribution is -2.10. The average molecular weight is 726 g/mol. The zero-order chi connectivity index (χ0) is 36.3. The van der Waals surface area contributed by atoms with Crippen molar-refractivity contribution in [3.05, 3.63) is 175 Å². The quantitative estimate of drug-likeness (QED) is 0.170. The van der Waals surface area contributed by atoms with Crippen LogP contribution in [0, 0.1) is 0 Å². The molecule has 0 radical (unpaired) electrons. The fourth-order valence-corrected chi connectivity index (χ4v) is 10.4. The Morgan fingerprint density at radius 2 is 1.04 bits per heavy atom. The summed E-state index contributed by atoms with van der Waals surface area (Å²) in [5.74, 6) is 0.552. The number of benzene rings is 8. The Balaban J connectivity index is 1.07. The Morgan fingerprint density at radius 1 is 0.455 bits per heavy atom. The Kier molecular flexibility index (Phi) is 7.81. The lowest BCUT2D eigenvalue weighted by atomic mass is 9.83. The van der Waals surface area contributed by atoms with Gasteiger partial charge in [-0.05, 0) is 99.8 Å². The minimum Gasteiger partial charge on any atom is -0.454 e. The fourth-order valence-electron chi connectivity index (χ4n) is 9.24. The van der Waals surface area contributed by atoms with Crippen molar-refractivity contribution in [2.75, 3.05) is 4.90 Å². The number of hydrogen-bond acceptors (Lipinski definition) is 3. The van der Waals surface area contributed by atoms with E-state index in [1.807, 2.05) is 11.3 Å². The summed E-state index contributed by atoms with van der Waals surface area (Å²) in [4.78, 5) is 2.38. The van der Waals surface area contributed by atoms with Gasteiger partial charge in [-0.3, -0.25) is 0 Å². The second-order valence-corrected chi connectivity index (χ2v) is 16.1. The van der Waals surface area contributed by atoms with Gasteiger partial charge < -0.3 is 9.32 Å². The normalized spacial score (nSPS) is 13.7. The predicted molar refractivity (Wildman–Crippen MR) is 235 cm³/mol. The molecule has 0 N–H and O–H groups in total. The van der Waals surface area contributed by atoms with Crippen LogP contribution in [0.2, 0.25) is 0 Å². The van der Waals surface area contributed by atoms with Crippen LogP contribution < -0.4 is 4.90 Å². The molecule has 0 aliphatic heterocycles. The van der Waals surface area contributed by atoms with Gasteiger partial charge in [-0.15, -0.1) is 11.3 Å². The first-order chi connectivity index (χ1) is 27.3. The third-order valence-electron chi connectivity index (χ3n) is 11.9. The van der Waals surface area contributed by atoms with E-state index in [0.29, 0.717) is 5.92 Å². The summed E-state index contributed by atoms with van der Waals surface area (Å²) in [6.45, 7) is 0. The molecule has 2 nitrogen and oxygen atoms in total. The van der Waals surface area contributed by atoms with E-state index >= 15 is 0 Å². The molecule has 0 atom stereocenters. The molecule has 8 aromatic carbocycles. The van der Waals surface area contributed by atoms with E-state index in [1.165, 1.54) is 96.3 Å². The monoisotopic (exact) mass is 725 g/mol. The second kappa shape index (κ2) is 13.3. The highest BCUT2D eigenvalue weighted by Crippen LogP contribution is 2.46. The summed E-state index contributed by atoms with van der Waals surface area (Å²) in [7, 11) is 0. The number of fused-ring (bicyclic) bond motifs is 7. The SMILES string of the molecule is c1ccc2c(-c3ccc(N(c4ccc(-c5cccc6sc7ccccc7c56)cc4)c4cccc5c4oc4c(C6CCCCC6)cccc45)cc3)cccc2c1. The summed E-state index contributed by atoms with van der Waals surface area (Å²) in [5.41, 5.74) is 11.5. The maximum atomic E-state index is 7.07. The summed E-state index contributed by atoms with van der Waals surface area (Å²) >= 11 is 1.87. The minimum absolute atomic E-state index is 0.552. The zero-order valence-electron chi connectivity index (χ0n) is 30.5. The largest absolute Gasteiger partial charge is 0.454 e. The van der Waals surface area contributed by atoms with E-state index in [4.69, 9.17) is 4.42 Å². The van der Waals surface area contributed by atoms with Gasteiger partial charge in [0.15, 0.2) is 5.58 Å². The molecular weight excluding hydrogens is 687 g/mol. The number of para-hydroxylation sites is 2. The number of anilines is 3. The van der Waals surface area contributed by atoms with Gasteiger partial charge >= 0.3 is 0 Å². The maximum Gasteiger partial charge on any atom is 0.159 e. The topological polar surface area (TPSA) is 16.4 Å². The molecule has 0 bridgehead atoms. The molecule has 55 heavy (non-hydrogen) atoms. The highest BCUT2D eigenvalue weighted by atomic mass is 32.1. The summed E-state index contributed by atoms with van der Waals surface area (Å²) in [6.07, 6.45) is 6.39. The molecule has 2 heterocycles. The fraction of sp³-hybridized carbons (Fsp3) is 0.115. The van der Waals surface area contributed by atoms with Crippen LogP contribution >= 0.6 is 11.3 Å². The van der Waals surface area contributed by atoms with Gasteiger partial charge in [0.2, 0.25) is 0 Å². The van der Waals surface area contributed by atoms with Crippen molar-refractivity contribution in [3.8, 4) is 22.3 Å². The van der Waals surface area contributed by atoms with E-state index in [1.54, 1.807) is 0 Å². The van der Waals surface area contributed by atoms with E-state index in [2.05, 4.69) is 175 Å². The van der Waals surface area contributed by atoms with Crippen molar-refractivity contribution in [1.82, 2.24) is 0 Å². The van der Waals surface area contributed by atoms with E-state index in [-0.39, 0.29) is 0 Å². The number of thiophene rings is 1. The first-order valence-electron chi connectivity index (χ1n) is 19.6. The average Bonchev–Trinajstić information content (AvgIpc) is 3.84. The molecule has 1 saturated carbocycles. The van der Waals surface area contributed by atoms with Crippen LogP contribution in [0.5, 0.6) is 0 Å². The van der Waals surface area contributed by atoms with Crippen molar-refractivity contribution in [2.24, 2.45) is 0 Å². The molecular formula is C52H39NOS. The van der Waals surface area contributed by atoms with E-state index < -0.39 is 0 Å². The molecule has 1 aliphatic rings. The Morgan fingerprint density at radius 3 is 1.84 bits per heavy atom. The standard InChI is InChI=1S/C52H39NOS/c1-2-12-35(13-3-1)43-20-9-21-44-45-22-10-23-47(52(45)54-51(43)44)53(38-30-26-36(27-31-38)41-18-8-15-34-14-4-5-16-40(34)41)39-32-28-37(29-33-39)42-19-11-25-49-50(42)46-17-6-7-24-48(46)55-49/h4-11,14-33,35H,1-3,12-13H2. The molecule has 0 spiro atoms. The number of furan rings is 1. The van der Waals surface area contributed by atoms with Crippen LogP contribution in [0.15, 0.2) is 174 Å². The van der Waals surface area contributed by atoms with Crippen LogP contribution in [0.25, 0.3) is 75.1 Å². The number of hydrogen-bond donors (Lipinski definition) is 0. The predicted octanol–water partition coefficient (Wildman–Crippen LogP) is 16.0. The molecule has 0 amide bonds. The van der Waals surface area contributed by atoms with Gasteiger partial charge in [0, 0.05) is 42.3 Å². The van der Waals surface area contributed by atoms with Gasteiger partial charge in [0.1, 0.15) is 5.58 Å². The summed E-state index contributed by atoms with van der Waals surface area (Å²) in [6, 6.07) is 62.3. The molecule has 11 rings (SSSR count). The Hall–Kier alpha value is -6.16. The molecule has 10 aromatic rings. The van der Waals surface area contributed by atoms with Gasteiger partial charge in [-0.1, -0.05) is 147 Å². The van der Waals surface area contributed by atoms with Crippen LogP contribution in [0.1, 0.15) is 43.6 Å². The van der Waals surface area contributed by atoms with Gasteiger partial charge in [0.25, 0.3) is 0 Å². The third-order valence-corrected chi connectivity index (χ3v) is 13.0. The Labute approximate surface area is 324 Å². The van der Waals surface area contributed by atoms with Crippen LogP contribution in [-0.4, -0.2) is 0 Å². The van der Waals surface area contributed by atoms with E-state index in [9.17, 15) is 0 Å². The van der Waals surface area contributed by atoms with Crippen LogP contribution in [0.4, 0.5) is 17.1 Å². The van der Waals surface area contributed by atoms with Gasteiger partial charge in [-0.25, -0.2) is 0 Å². The van der Waals surface area contributed by atoms with Crippen molar-refractivity contribution in [1.29, 1.82) is 0 Å². The third kappa shape index (κ3) is 5.45. The highest BCUT2D eigenvalue weighted by molar-refractivity contribution is 7.25. The Bertz CT molecular complexity index is 3010. The second-order valence-electron chi connectivity index (χ2n) is 15.0. The lowest BCUT2D eigenvalue weighted by Gasteiger charge is -2.26. The summed E-state index contributed by atoms with van der Waals surface area (Å²) < 4.78 is 9.71. The van der Waals surface area contributed by atoms with Crippen LogP contribution in [0.3, 0.4) is 0 Å². The molecule has 1 aliphatic carbocycles. The number of rotatable bonds is 6. The molecule has 2 aromatic heterocycles. The number of nitrogens with zero attached hydrogens (tertiary/aromatic N) is 1. The highest BCUT2D eigenvalue weighted by Gasteiger charge is 2.24. The zero-order valence-corrected chi connectivity index (χ0v) is 31.4. The first-order valence-corrected chi connectivity index (χ1v) is 20.4. The molecule has 264 valence electrons.